The lowest BCUT2D eigenvalue weighted by Gasteiger charge is -2.09. The average molecular weight is 289 g/mol. The smallest absolute Gasteiger partial charge is 0.120 e. The molecular weight excluding hydrogens is 274 g/mol. The molecule has 0 aliphatic heterocycles. The topological polar surface area (TPSA) is 42.2 Å². The molecule has 3 nitrogen and oxygen atoms in total. The van der Waals surface area contributed by atoms with Gasteiger partial charge in [-0.1, -0.05) is 24.3 Å². The molecule has 0 amide bonds. The molecule has 3 aromatic carbocycles. The van der Waals surface area contributed by atoms with Crippen molar-refractivity contribution in [1.82, 2.24) is 0 Å². The lowest BCUT2D eigenvalue weighted by molar-refractivity contribution is 0.415. The third-order valence-corrected chi connectivity index (χ3v) is 3.69. The Balaban J connectivity index is 2.19. The summed E-state index contributed by atoms with van der Waals surface area (Å²) >= 11 is 0. The number of nitriles is 1. The third-order valence-electron chi connectivity index (χ3n) is 3.69. The highest BCUT2D eigenvalue weighted by Crippen LogP contribution is 2.31. The van der Waals surface area contributed by atoms with Gasteiger partial charge < -0.3 is 9.47 Å². The van der Waals surface area contributed by atoms with E-state index in [1.54, 1.807) is 20.3 Å². The minimum Gasteiger partial charge on any atom is -0.497 e. The molecule has 0 N–H and O–H groups in total. The number of nitrogens with zero attached hydrogens (tertiary/aromatic N) is 1. The van der Waals surface area contributed by atoms with Gasteiger partial charge in [0.1, 0.15) is 11.5 Å². The summed E-state index contributed by atoms with van der Waals surface area (Å²) in [5.41, 5.74) is 2.72. The van der Waals surface area contributed by atoms with Crippen molar-refractivity contribution in [3.63, 3.8) is 0 Å². The zero-order valence-corrected chi connectivity index (χ0v) is 12.5. The van der Waals surface area contributed by atoms with E-state index in [0.29, 0.717) is 11.3 Å². The predicted octanol–water partition coefficient (Wildman–Crippen LogP) is 4.40. The number of hydrogen-bond donors (Lipinski definition) is 0. The number of rotatable bonds is 3. The summed E-state index contributed by atoms with van der Waals surface area (Å²) < 4.78 is 10.5. The van der Waals surface area contributed by atoms with Gasteiger partial charge in [0.05, 0.1) is 25.9 Å². The summed E-state index contributed by atoms with van der Waals surface area (Å²) in [7, 11) is 3.26. The molecule has 0 bridgehead atoms. The largest absolute Gasteiger partial charge is 0.497 e. The van der Waals surface area contributed by atoms with Crippen molar-refractivity contribution in [2.24, 2.45) is 0 Å². The Morgan fingerprint density at radius 3 is 2.32 bits per heavy atom. The lowest BCUT2D eigenvalue weighted by atomic mass is 9.98. The standard InChI is InChI=1S/C19H15NO2/c1-21-17-5-3-4-13(8-17)14-6-7-15-9-18(22-2)10-16(12-20)19(15)11-14/h3-11H,1-2H3. The van der Waals surface area contributed by atoms with E-state index in [1.165, 1.54) is 0 Å². The maximum absolute atomic E-state index is 9.37. The van der Waals surface area contributed by atoms with Gasteiger partial charge in [-0.3, -0.25) is 0 Å². The van der Waals surface area contributed by atoms with E-state index in [0.717, 1.165) is 27.6 Å². The monoisotopic (exact) mass is 289 g/mol. The van der Waals surface area contributed by atoms with Crippen LogP contribution in [0.25, 0.3) is 21.9 Å². The first kappa shape index (κ1) is 14.0. The van der Waals surface area contributed by atoms with Crippen molar-refractivity contribution in [2.75, 3.05) is 14.2 Å². The Labute approximate surface area is 129 Å². The van der Waals surface area contributed by atoms with Crippen LogP contribution in [0.5, 0.6) is 11.5 Å². The molecule has 22 heavy (non-hydrogen) atoms. The summed E-state index contributed by atoms with van der Waals surface area (Å²) in [5, 5.41) is 11.3. The van der Waals surface area contributed by atoms with Gasteiger partial charge >= 0.3 is 0 Å². The quantitative estimate of drug-likeness (QED) is 0.718. The maximum Gasteiger partial charge on any atom is 0.120 e. The minimum atomic E-state index is 0.610. The van der Waals surface area contributed by atoms with E-state index < -0.39 is 0 Å². The molecule has 0 heterocycles. The molecule has 3 heteroatoms. The summed E-state index contributed by atoms with van der Waals surface area (Å²) in [4.78, 5) is 0. The van der Waals surface area contributed by atoms with Crippen LogP contribution >= 0.6 is 0 Å². The zero-order valence-electron chi connectivity index (χ0n) is 12.5. The van der Waals surface area contributed by atoms with Crippen LogP contribution in [0.3, 0.4) is 0 Å². The Bertz CT molecular complexity index is 878. The molecule has 0 radical (unpaired) electrons. The van der Waals surface area contributed by atoms with Crippen LogP contribution in [-0.4, -0.2) is 14.2 Å². The number of ether oxygens (including phenoxy) is 2. The van der Waals surface area contributed by atoms with E-state index in [-0.39, 0.29) is 0 Å². The Morgan fingerprint density at radius 2 is 1.59 bits per heavy atom. The number of methoxy groups -OCH3 is 2. The first-order valence-corrected chi connectivity index (χ1v) is 6.91. The van der Waals surface area contributed by atoms with E-state index >= 15 is 0 Å². The molecule has 0 saturated heterocycles. The van der Waals surface area contributed by atoms with E-state index in [9.17, 15) is 5.26 Å². The fourth-order valence-electron chi connectivity index (χ4n) is 2.52. The van der Waals surface area contributed by atoms with Crippen molar-refractivity contribution in [1.29, 1.82) is 5.26 Å². The van der Waals surface area contributed by atoms with Gasteiger partial charge in [0.25, 0.3) is 0 Å². The van der Waals surface area contributed by atoms with E-state index in [2.05, 4.69) is 6.07 Å². The summed E-state index contributed by atoms with van der Waals surface area (Å²) in [6, 6.07) is 19.9. The Hall–Kier alpha value is -2.99. The van der Waals surface area contributed by atoms with E-state index in [1.807, 2.05) is 48.5 Å². The third kappa shape index (κ3) is 2.47. The fourth-order valence-corrected chi connectivity index (χ4v) is 2.52. The van der Waals surface area contributed by atoms with Crippen LogP contribution in [0.2, 0.25) is 0 Å². The van der Waals surface area contributed by atoms with Crippen LogP contribution in [0.1, 0.15) is 5.56 Å². The van der Waals surface area contributed by atoms with Gasteiger partial charge in [-0.25, -0.2) is 0 Å². The predicted molar refractivity (Wildman–Crippen MR) is 87.2 cm³/mol. The van der Waals surface area contributed by atoms with Crippen molar-refractivity contribution >= 4 is 10.8 Å². The number of benzene rings is 3. The SMILES string of the molecule is COc1cccc(-c2ccc3cc(OC)cc(C#N)c3c2)c1. The highest BCUT2D eigenvalue weighted by Gasteiger charge is 2.07. The highest BCUT2D eigenvalue weighted by molar-refractivity contribution is 5.92. The lowest BCUT2D eigenvalue weighted by Crippen LogP contribution is -1.88. The van der Waals surface area contributed by atoms with Crippen LogP contribution in [0.4, 0.5) is 0 Å². The number of fused-ring (bicyclic) bond motifs is 1. The molecule has 108 valence electrons. The second kappa shape index (κ2) is 5.79. The maximum atomic E-state index is 9.37. The molecule has 0 spiro atoms. The fraction of sp³-hybridized carbons (Fsp3) is 0.105. The molecule has 0 aliphatic rings. The van der Waals surface area contributed by atoms with Crippen molar-refractivity contribution in [3.8, 4) is 28.7 Å². The molecule has 0 aliphatic carbocycles. The highest BCUT2D eigenvalue weighted by atomic mass is 16.5. The first-order valence-electron chi connectivity index (χ1n) is 6.91. The van der Waals surface area contributed by atoms with E-state index in [4.69, 9.17) is 9.47 Å². The Kier molecular flexibility index (Phi) is 3.67. The van der Waals surface area contributed by atoms with Gasteiger partial charge in [0, 0.05) is 5.39 Å². The second-order valence-electron chi connectivity index (χ2n) is 4.95. The minimum absolute atomic E-state index is 0.610. The van der Waals surface area contributed by atoms with Crippen molar-refractivity contribution in [3.05, 3.63) is 60.2 Å². The molecule has 0 atom stereocenters. The summed E-state index contributed by atoms with van der Waals surface area (Å²) in [5.74, 6) is 1.51. The first-order chi connectivity index (χ1) is 10.7. The van der Waals surface area contributed by atoms with Crippen LogP contribution < -0.4 is 9.47 Å². The van der Waals surface area contributed by atoms with Gasteiger partial charge in [-0.05, 0) is 46.8 Å². The van der Waals surface area contributed by atoms with Gasteiger partial charge in [-0.2, -0.15) is 5.26 Å². The zero-order chi connectivity index (χ0) is 15.5. The molecule has 0 aromatic heterocycles. The summed E-state index contributed by atoms with van der Waals surface area (Å²) in [6.45, 7) is 0. The number of hydrogen-bond acceptors (Lipinski definition) is 3. The second-order valence-corrected chi connectivity index (χ2v) is 4.95. The average Bonchev–Trinajstić information content (AvgIpc) is 2.60. The molecular formula is C19H15NO2. The van der Waals surface area contributed by atoms with Crippen molar-refractivity contribution in [2.45, 2.75) is 0 Å². The summed E-state index contributed by atoms with van der Waals surface area (Å²) in [6.07, 6.45) is 0. The van der Waals surface area contributed by atoms with Crippen LogP contribution in [0, 0.1) is 11.3 Å². The van der Waals surface area contributed by atoms with Crippen molar-refractivity contribution < 1.29 is 9.47 Å². The van der Waals surface area contributed by atoms with Crippen LogP contribution in [0.15, 0.2) is 54.6 Å². The molecule has 0 fully saturated rings. The molecule has 0 saturated carbocycles. The molecule has 3 rings (SSSR count). The molecule has 3 aromatic rings. The van der Waals surface area contributed by atoms with Crippen LogP contribution in [-0.2, 0) is 0 Å². The van der Waals surface area contributed by atoms with Gasteiger partial charge in [0.2, 0.25) is 0 Å². The van der Waals surface area contributed by atoms with Gasteiger partial charge in [0.15, 0.2) is 0 Å². The normalized spacial score (nSPS) is 10.2. The Morgan fingerprint density at radius 1 is 0.818 bits per heavy atom. The molecule has 0 unspecified atom stereocenters. The van der Waals surface area contributed by atoms with Gasteiger partial charge in [-0.15, -0.1) is 0 Å².